The zero-order valence-corrected chi connectivity index (χ0v) is 9.50. The Kier molecular flexibility index (Phi) is 2.55. The summed E-state index contributed by atoms with van der Waals surface area (Å²) in [5.74, 6) is 0.337. The highest BCUT2D eigenvalue weighted by molar-refractivity contribution is 5.89. The molecule has 2 aromatic heterocycles. The Morgan fingerprint density at radius 1 is 1.47 bits per heavy atom. The van der Waals surface area contributed by atoms with E-state index in [0.717, 1.165) is 5.52 Å². The van der Waals surface area contributed by atoms with Gasteiger partial charge in [-0.25, -0.2) is 9.78 Å². The maximum absolute atomic E-state index is 11.8. The van der Waals surface area contributed by atoms with E-state index in [9.17, 15) is 4.79 Å². The number of rotatable bonds is 3. The van der Waals surface area contributed by atoms with Crippen molar-refractivity contribution >= 4 is 11.5 Å². The second-order valence-electron chi connectivity index (χ2n) is 4.54. The fourth-order valence-corrected chi connectivity index (χ4v) is 1.98. The second-order valence-corrected chi connectivity index (χ2v) is 4.54. The Morgan fingerprint density at radius 3 is 3.12 bits per heavy atom. The first kappa shape index (κ1) is 10.3. The number of nitrogens with zero attached hydrogens (tertiary/aromatic N) is 2. The standard InChI is InChI=1S/C13H14N2O2/c16-13(17-8-10-2-1-3-10)11-4-5-12-6-14-9-15(12)7-11/h4-7,9-10H,1-3,8H2. The number of pyridine rings is 1. The minimum absolute atomic E-state index is 0.243. The van der Waals surface area contributed by atoms with Crippen LogP contribution in [0.15, 0.2) is 30.9 Å². The Hall–Kier alpha value is -1.84. The van der Waals surface area contributed by atoms with E-state index in [0.29, 0.717) is 18.1 Å². The Morgan fingerprint density at radius 2 is 2.35 bits per heavy atom. The average Bonchev–Trinajstić information content (AvgIpc) is 2.73. The number of imidazole rings is 1. The van der Waals surface area contributed by atoms with Gasteiger partial charge in [-0.05, 0) is 30.9 Å². The molecule has 1 saturated carbocycles. The molecule has 0 radical (unpaired) electrons. The predicted molar refractivity (Wildman–Crippen MR) is 62.8 cm³/mol. The molecule has 0 saturated heterocycles. The molecule has 4 nitrogen and oxygen atoms in total. The third kappa shape index (κ3) is 2.02. The Bertz CT molecular complexity index is 543. The van der Waals surface area contributed by atoms with Crippen molar-refractivity contribution in [3.05, 3.63) is 36.4 Å². The molecule has 0 aromatic carbocycles. The molecule has 0 amide bonds. The maximum Gasteiger partial charge on any atom is 0.339 e. The highest BCUT2D eigenvalue weighted by Crippen LogP contribution is 2.26. The van der Waals surface area contributed by atoms with Crippen molar-refractivity contribution in [2.24, 2.45) is 5.92 Å². The van der Waals surface area contributed by atoms with Crippen LogP contribution < -0.4 is 0 Å². The first-order chi connectivity index (χ1) is 8.33. The molecule has 4 heteroatoms. The van der Waals surface area contributed by atoms with Crippen LogP contribution in [0.2, 0.25) is 0 Å². The molecule has 0 unspecified atom stereocenters. The average molecular weight is 230 g/mol. The Balaban J connectivity index is 1.70. The van der Waals surface area contributed by atoms with E-state index in [4.69, 9.17) is 4.74 Å². The van der Waals surface area contributed by atoms with Crippen LogP contribution in [0.3, 0.4) is 0 Å². The second kappa shape index (κ2) is 4.20. The third-order valence-electron chi connectivity index (χ3n) is 3.32. The fraction of sp³-hybridized carbons (Fsp3) is 0.385. The van der Waals surface area contributed by atoms with E-state index in [1.165, 1.54) is 19.3 Å². The van der Waals surface area contributed by atoms with Crippen molar-refractivity contribution in [3.8, 4) is 0 Å². The number of esters is 1. The van der Waals surface area contributed by atoms with Gasteiger partial charge < -0.3 is 9.14 Å². The predicted octanol–water partition coefficient (Wildman–Crippen LogP) is 2.29. The van der Waals surface area contributed by atoms with E-state index in [1.54, 1.807) is 24.8 Å². The van der Waals surface area contributed by atoms with E-state index < -0.39 is 0 Å². The van der Waals surface area contributed by atoms with Crippen LogP contribution in [0.1, 0.15) is 29.6 Å². The molecular weight excluding hydrogens is 216 g/mol. The van der Waals surface area contributed by atoms with Crippen LogP contribution in [0.25, 0.3) is 5.52 Å². The monoisotopic (exact) mass is 230 g/mol. The van der Waals surface area contributed by atoms with Gasteiger partial charge in [-0.2, -0.15) is 0 Å². The van der Waals surface area contributed by atoms with Crippen molar-refractivity contribution in [1.29, 1.82) is 0 Å². The zero-order valence-electron chi connectivity index (χ0n) is 9.50. The third-order valence-corrected chi connectivity index (χ3v) is 3.32. The molecule has 1 aliphatic rings. The molecule has 88 valence electrons. The van der Waals surface area contributed by atoms with Gasteiger partial charge in [0.15, 0.2) is 0 Å². The van der Waals surface area contributed by atoms with Crippen LogP contribution in [0, 0.1) is 5.92 Å². The van der Waals surface area contributed by atoms with Gasteiger partial charge in [0.1, 0.15) is 0 Å². The minimum atomic E-state index is -0.243. The molecule has 2 aromatic rings. The van der Waals surface area contributed by atoms with Gasteiger partial charge in [-0.3, -0.25) is 0 Å². The van der Waals surface area contributed by atoms with Crippen molar-refractivity contribution in [1.82, 2.24) is 9.38 Å². The first-order valence-corrected chi connectivity index (χ1v) is 5.92. The van der Waals surface area contributed by atoms with Gasteiger partial charge >= 0.3 is 5.97 Å². The van der Waals surface area contributed by atoms with Gasteiger partial charge in [0.25, 0.3) is 0 Å². The lowest BCUT2D eigenvalue weighted by atomic mass is 9.86. The van der Waals surface area contributed by atoms with Gasteiger partial charge in [0.05, 0.1) is 30.2 Å². The summed E-state index contributed by atoms with van der Waals surface area (Å²) in [4.78, 5) is 15.8. The lowest BCUT2D eigenvalue weighted by molar-refractivity contribution is 0.0371. The van der Waals surface area contributed by atoms with Gasteiger partial charge in [-0.1, -0.05) is 6.42 Å². The number of aromatic nitrogens is 2. The summed E-state index contributed by atoms with van der Waals surface area (Å²) < 4.78 is 7.10. The van der Waals surface area contributed by atoms with Crippen LogP contribution in [0.4, 0.5) is 0 Å². The van der Waals surface area contributed by atoms with Crippen molar-refractivity contribution < 1.29 is 9.53 Å². The van der Waals surface area contributed by atoms with E-state index in [2.05, 4.69) is 4.98 Å². The van der Waals surface area contributed by atoms with Crippen molar-refractivity contribution in [2.75, 3.05) is 6.61 Å². The van der Waals surface area contributed by atoms with Gasteiger partial charge in [0, 0.05) is 6.20 Å². The molecule has 0 aliphatic heterocycles. The number of carbonyl (C=O) groups excluding carboxylic acids is 1. The van der Waals surface area contributed by atoms with E-state index in [1.807, 2.05) is 10.5 Å². The lowest BCUT2D eigenvalue weighted by Crippen LogP contribution is -2.20. The smallest absolute Gasteiger partial charge is 0.339 e. The molecule has 0 bridgehead atoms. The van der Waals surface area contributed by atoms with Gasteiger partial charge in [-0.15, -0.1) is 0 Å². The summed E-state index contributed by atoms with van der Waals surface area (Å²) in [6, 6.07) is 3.65. The highest BCUT2D eigenvalue weighted by atomic mass is 16.5. The van der Waals surface area contributed by atoms with E-state index in [-0.39, 0.29) is 5.97 Å². The summed E-state index contributed by atoms with van der Waals surface area (Å²) in [7, 11) is 0. The largest absolute Gasteiger partial charge is 0.462 e. The minimum Gasteiger partial charge on any atom is -0.462 e. The number of carbonyl (C=O) groups is 1. The quantitative estimate of drug-likeness (QED) is 0.760. The summed E-state index contributed by atoms with van der Waals surface area (Å²) >= 11 is 0. The van der Waals surface area contributed by atoms with Crippen LogP contribution in [0.5, 0.6) is 0 Å². The molecule has 1 fully saturated rings. The highest BCUT2D eigenvalue weighted by Gasteiger charge is 2.19. The molecule has 0 atom stereocenters. The van der Waals surface area contributed by atoms with Crippen LogP contribution in [-0.2, 0) is 4.74 Å². The molecule has 0 N–H and O–H groups in total. The SMILES string of the molecule is O=C(OCC1CCC1)c1ccc2cncn2c1. The molecular formula is C13H14N2O2. The van der Waals surface area contributed by atoms with Crippen molar-refractivity contribution in [2.45, 2.75) is 19.3 Å². The molecule has 3 rings (SSSR count). The molecule has 0 spiro atoms. The summed E-state index contributed by atoms with van der Waals surface area (Å²) in [6.45, 7) is 0.556. The lowest BCUT2D eigenvalue weighted by Gasteiger charge is -2.24. The fourth-order valence-electron chi connectivity index (χ4n) is 1.98. The Labute approximate surface area is 99.2 Å². The van der Waals surface area contributed by atoms with Gasteiger partial charge in [0.2, 0.25) is 0 Å². The number of hydrogen-bond acceptors (Lipinski definition) is 3. The molecule has 2 heterocycles. The van der Waals surface area contributed by atoms with Crippen molar-refractivity contribution in [3.63, 3.8) is 0 Å². The molecule has 1 aliphatic carbocycles. The summed E-state index contributed by atoms with van der Waals surface area (Å²) in [6.07, 6.45) is 8.83. The number of fused-ring (bicyclic) bond motifs is 1. The number of ether oxygens (including phenoxy) is 1. The molecule has 17 heavy (non-hydrogen) atoms. The normalized spacial score (nSPS) is 15.8. The summed E-state index contributed by atoms with van der Waals surface area (Å²) in [5, 5.41) is 0. The first-order valence-electron chi connectivity index (χ1n) is 5.92. The topological polar surface area (TPSA) is 43.6 Å². The van der Waals surface area contributed by atoms with E-state index >= 15 is 0 Å². The number of hydrogen-bond donors (Lipinski definition) is 0. The van der Waals surface area contributed by atoms with Crippen LogP contribution >= 0.6 is 0 Å². The maximum atomic E-state index is 11.8. The zero-order chi connectivity index (χ0) is 11.7. The summed E-state index contributed by atoms with van der Waals surface area (Å²) in [5.41, 5.74) is 1.55. The van der Waals surface area contributed by atoms with Crippen LogP contribution in [-0.4, -0.2) is 22.0 Å².